The Morgan fingerprint density at radius 3 is 2.87 bits per heavy atom. The number of ether oxygens (including phenoxy) is 1. The molecule has 1 aromatic heterocycles. The van der Waals surface area contributed by atoms with Crippen LogP contribution in [0.2, 0.25) is 0 Å². The molecule has 3 N–H and O–H groups in total. The molecule has 5 nitrogen and oxygen atoms in total. The van der Waals surface area contributed by atoms with E-state index < -0.39 is 5.66 Å². The lowest BCUT2D eigenvalue weighted by molar-refractivity contribution is -0.0834. The standard InChI is InChI=1S/C18H25N3O2/c1-5-12-10-21(18(12,19)11(2)3)17(22)15-9-13-14(20-15)7-6-8-16(13)23-4/h6-9,11-12,20H,5,10,19H2,1-4H3. The van der Waals surface area contributed by atoms with Crippen LogP contribution < -0.4 is 10.5 Å². The molecule has 1 aliphatic rings. The molecule has 124 valence electrons. The van der Waals surface area contributed by atoms with Gasteiger partial charge in [0.05, 0.1) is 12.8 Å². The summed E-state index contributed by atoms with van der Waals surface area (Å²) >= 11 is 0. The van der Waals surface area contributed by atoms with Gasteiger partial charge in [-0.3, -0.25) is 4.79 Å². The Morgan fingerprint density at radius 1 is 1.52 bits per heavy atom. The molecule has 0 aliphatic carbocycles. The van der Waals surface area contributed by atoms with E-state index in [-0.39, 0.29) is 11.8 Å². The van der Waals surface area contributed by atoms with Crippen molar-refractivity contribution in [2.75, 3.05) is 13.7 Å². The fourth-order valence-electron chi connectivity index (χ4n) is 3.70. The van der Waals surface area contributed by atoms with E-state index >= 15 is 0 Å². The molecule has 23 heavy (non-hydrogen) atoms. The van der Waals surface area contributed by atoms with Crippen molar-refractivity contribution in [1.29, 1.82) is 0 Å². The van der Waals surface area contributed by atoms with Crippen LogP contribution in [-0.4, -0.2) is 35.1 Å². The molecule has 0 bridgehead atoms. The van der Waals surface area contributed by atoms with Crippen molar-refractivity contribution in [3.05, 3.63) is 30.0 Å². The maximum absolute atomic E-state index is 13.0. The van der Waals surface area contributed by atoms with E-state index in [9.17, 15) is 4.79 Å². The van der Waals surface area contributed by atoms with Gasteiger partial charge in [-0.25, -0.2) is 0 Å². The average Bonchev–Trinajstić information content (AvgIpc) is 2.97. The van der Waals surface area contributed by atoms with Crippen LogP contribution >= 0.6 is 0 Å². The Labute approximate surface area is 136 Å². The second-order valence-corrected chi connectivity index (χ2v) is 6.67. The van der Waals surface area contributed by atoms with Gasteiger partial charge < -0.3 is 20.4 Å². The van der Waals surface area contributed by atoms with E-state index in [1.54, 1.807) is 7.11 Å². The normalized spacial score (nSPS) is 24.1. The molecule has 1 fully saturated rings. The number of H-pyrrole nitrogens is 1. The number of amides is 1. The van der Waals surface area contributed by atoms with Crippen LogP contribution in [0.15, 0.2) is 24.3 Å². The summed E-state index contributed by atoms with van der Waals surface area (Å²) in [6.45, 7) is 7.01. The van der Waals surface area contributed by atoms with E-state index in [2.05, 4.69) is 25.8 Å². The van der Waals surface area contributed by atoms with Gasteiger partial charge in [-0.15, -0.1) is 0 Å². The highest BCUT2D eigenvalue weighted by atomic mass is 16.5. The van der Waals surface area contributed by atoms with Gasteiger partial charge in [0.25, 0.3) is 5.91 Å². The zero-order valence-corrected chi connectivity index (χ0v) is 14.2. The van der Waals surface area contributed by atoms with Gasteiger partial charge in [0.1, 0.15) is 11.4 Å². The molecule has 2 atom stereocenters. The van der Waals surface area contributed by atoms with E-state index in [1.165, 1.54) is 0 Å². The van der Waals surface area contributed by atoms with Crippen LogP contribution in [0.1, 0.15) is 37.7 Å². The zero-order valence-electron chi connectivity index (χ0n) is 14.2. The van der Waals surface area contributed by atoms with Crippen LogP contribution in [0.5, 0.6) is 5.75 Å². The second-order valence-electron chi connectivity index (χ2n) is 6.67. The molecule has 2 unspecified atom stereocenters. The third-order valence-corrected chi connectivity index (χ3v) is 5.26. The van der Waals surface area contributed by atoms with Crippen molar-refractivity contribution in [3.63, 3.8) is 0 Å². The van der Waals surface area contributed by atoms with Gasteiger partial charge in [-0.1, -0.05) is 26.8 Å². The highest BCUT2D eigenvalue weighted by molar-refractivity contribution is 6.00. The number of fused-ring (bicyclic) bond motifs is 1. The maximum atomic E-state index is 13.0. The van der Waals surface area contributed by atoms with Crippen molar-refractivity contribution in [3.8, 4) is 5.75 Å². The lowest BCUT2D eigenvalue weighted by atomic mass is 9.73. The van der Waals surface area contributed by atoms with Crippen LogP contribution in [-0.2, 0) is 0 Å². The van der Waals surface area contributed by atoms with E-state index in [4.69, 9.17) is 10.5 Å². The van der Waals surface area contributed by atoms with E-state index in [0.717, 1.165) is 29.6 Å². The van der Waals surface area contributed by atoms with Crippen LogP contribution in [0.3, 0.4) is 0 Å². The topological polar surface area (TPSA) is 71.3 Å². The molecule has 2 heterocycles. The first-order valence-electron chi connectivity index (χ1n) is 8.20. The first-order valence-corrected chi connectivity index (χ1v) is 8.20. The summed E-state index contributed by atoms with van der Waals surface area (Å²) in [6, 6.07) is 7.60. The van der Waals surface area contributed by atoms with Gasteiger partial charge in [0.15, 0.2) is 0 Å². The maximum Gasteiger partial charge on any atom is 0.271 e. The van der Waals surface area contributed by atoms with Crippen LogP contribution in [0.25, 0.3) is 10.9 Å². The number of hydrogen-bond acceptors (Lipinski definition) is 3. The van der Waals surface area contributed by atoms with E-state index in [0.29, 0.717) is 11.6 Å². The smallest absolute Gasteiger partial charge is 0.271 e. The second kappa shape index (κ2) is 5.57. The number of methoxy groups -OCH3 is 1. The van der Waals surface area contributed by atoms with Crippen molar-refractivity contribution in [1.82, 2.24) is 9.88 Å². The number of rotatable bonds is 4. The number of carbonyl (C=O) groups excluding carboxylic acids is 1. The fourth-order valence-corrected chi connectivity index (χ4v) is 3.70. The molecular formula is C18H25N3O2. The Kier molecular flexibility index (Phi) is 3.84. The summed E-state index contributed by atoms with van der Waals surface area (Å²) in [6.07, 6.45) is 0.985. The van der Waals surface area contributed by atoms with Crippen molar-refractivity contribution in [2.24, 2.45) is 17.6 Å². The van der Waals surface area contributed by atoms with Gasteiger partial charge in [-0.2, -0.15) is 0 Å². The number of nitrogens with one attached hydrogen (secondary N) is 1. The summed E-state index contributed by atoms with van der Waals surface area (Å²) < 4.78 is 5.37. The number of aromatic amines is 1. The molecule has 1 aliphatic heterocycles. The van der Waals surface area contributed by atoms with Gasteiger partial charge >= 0.3 is 0 Å². The minimum absolute atomic E-state index is 0.0378. The highest BCUT2D eigenvalue weighted by Crippen LogP contribution is 2.41. The number of carbonyl (C=O) groups is 1. The molecule has 0 saturated carbocycles. The summed E-state index contributed by atoms with van der Waals surface area (Å²) in [5.41, 5.74) is 7.50. The number of aromatic nitrogens is 1. The van der Waals surface area contributed by atoms with E-state index in [1.807, 2.05) is 29.2 Å². The number of likely N-dealkylation sites (tertiary alicyclic amines) is 1. The largest absolute Gasteiger partial charge is 0.496 e. The molecule has 1 aromatic carbocycles. The Morgan fingerprint density at radius 2 is 2.26 bits per heavy atom. The van der Waals surface area contributed by atoms with Crippen molar-refractivity contribution >= 4 is 16.8 Å². The molecule has 0 radical (unpaired) electrons. The molecule has 1 saturated heterocycles. The van der Waals surface area contributed by atoms with Gasteiger partial charge in [0.2, 0.25) is 0 Å². The predicted octanol–water partition coefficient (Wildman–Crippen LogP) is 2.97. The Balaban J connectivity index is 1.95. The molecule has 5 heteroatoms. The number of benzene rings is 1. The lowest BCUT2D eigenvalue weighted by Gasteiger charge is -2.58. The third-order valence-electron chi connectivity index (χ3n) is 5.26. The third kappa shape index (κ3) is 2.22. The number of hydrogen-bond donors (Lipinski definition) is 2. The summed E-state index contributed by atoms with van der Waals surface area (Å²) in [5, 5.41) is 0.915. The predicted molar refractivity (Wildman–Crippen MR) is 91.4 cm³/mol. The lowest BCUT2D eigenvalue weighted by Crippen LogP contribution is -2.76. The first-order chi connectivity index (χ1) is 10.9. The minimum atomic E-state index is -0.562. The molecule has 2 aromatic rings. The molecule has 1 amide bonds. The summed E-state index contributed by atoms with van der Waals surface area (Å²) in [5.74, 6) is 1.29. The first kappa shape index (κ1) is 15.9. The summed E-state index contributed by atoms with van der Waals surface area (Å²) in [7, 11) is 1.63. The Hall–Kier alpha value is -2.01. The van der Waals surface area contributed by atoms with Crippen molar-refractivity contribution in [2.45, 2.75) is 32.9 Å². The quantitative estimate of drug-likeness (QED) is 0.911. The molecular weight excluding hydrogens is 290 g/mol. The molecule has 3 rings (SSSR count). The SMILES string of the molecule is CCC1CN(C(=O)c2cc3c(OC)cccc3[nH]2)C1(N)C(C)C. The highest BCUT2D eigenvalue weighted by Gasteiger charge is 2.54. The van der Waals surface area contributed by atoms with Crippen molar-refractivity contribution < 1.29 is 9.53 Å². The summed E-state index contributed by atoms with van der Waals surface area (Å²) in [4.78, 5) is 18.0. The van der Waals surface area contributed by atoms with Crippen LogP contribution in [0.4, 0.5) is 0 Å². The number of nitrogens with two attached hydrogens (primary N) is 1. The monoisotopic (exact) mass is 315 g/mol. The Bertz CT molecular complexity index is 737. The van der Waals surface area contributed by atoms with Gasteiger partial charge in [-0.05, 0) is 30.5 Å². The van der Waals surface area contributed by atoms with Gasteiger partial charge in [0, 0.05) is 23.4 Å². The number of nitrogens with zero attached hydrogens (tertiary/aromatic N) is 1. The minimum Gasteiger partial charge on any atom is -0.496 e. The van der Waals surface area contributed by atoms with Crippen LogP contribution in [0, 0.1) is 11.8 Å². The zero-order chi connectivity index (χ0) is 16.8. The average molecular weight is 315 g/mol. The fraction of sp³-hybridized carbons (Fsp3) is 0.500. The molecule has 0 spiro atoms.